The summed E-state index contributed by atoms with van der Waals surface area (Å²) in [6, 6.07) is 23.8. The lowest BCUT2D eigenvalue weighted by Gasteiger charge is -2.32. The fraction of sp³-hybridized carbons (Fsp3) is 0.185. The molecule has 5 nitrogen and oxygen atoms in total. The van der Waals surface area contributed by atoms with Crippen molar-refractivity contribution in [1.29, 1.82) is 0 Å². The van der Waals surface area contributed by atoms with Crippen molar-refractivity contribution in [3.63, 3.8) is 0 Å². The minimum atomic E-state index is -0.282. The van der Waals surface area contributed by atoms with Gasteiger partial charge in [-0.1, -0.05) is 60.7 Å². The van der Waals surface area contributed by atoms with Crippen molar-refractivity contribution in [2.24, 2.45) is 0 Å². The highest BCUT2D eigenvalue weighted by atomic mass is 16.2. The summed E-state index contributed by atoms with van der Waals surface area (Å²) in [4.78, 5) is 33.7. The van der Waals surface area contributed by atoms with Crippen molar-refractivity contribution in [2.75, 3.05) is 13.1 Å². The zero-order valence-electron chi connectivity index (χ0n) is 17.6. The van der Waals surface area contributed by atoms with Crippen molar-refractivity contribution in [2.45, 2.75) is 19.0 Å². The number of rotatable bonds is 3. The lowest BCUT2D eigenvalue weighted by molar-refractivity contribution is -0.133. The van der Waals surface area contributed by atoms with E-state index in [0.717, 1.165) is 28.5 Å². The minimum absolute atomic E-state index is 0.00880. The number of hydrogen-bond acceptors (Lipinski definition) is 2. The Kier molecular flexibility index (Phi) is 4.35. The molecule has 4 aromatic rings. The number of carbonyl (C=O) groups is 2. The number of fused-ring (bicyclic) bond motifs is 3. The van der Waals surface area contributed by atoms with E-state index in [9.17, 15) is 9.59 Å². The highest BCUT2D eigenvalue weighted by Crippen LogP contribution is 2.41. The molecule has 0 spiro atoms. The second-order valence-corrected chi connectivity index (χ2v) is 8.55. The summed E-state index contributed by atoms with van der Waals surface area (Å²) in [5, 5.41) is 1.08. The lowest BCUT2D eigenvalue weighted by atomic mass is 9.97. The van der Waals surface area contributed by atoms with Crippen LogP contribution in [0, 0.1) is 0 Å². The highest BCUT2D eigenvalue weighted by Gasteiger charge is 2.40. The van der Waals surface area contributed by atoms with E-state index in [-0.39, 0.29) is 24.4 Å². The van der Waals surface area contributed by atoms with Crippen LogP contribution in [0.4, 0.5) is 0 Å². The second-order valence-electron chi connectivity index (χ2n) is 8.55. The maximum atomic E-state index is 13.4. The van der Waals surface area contributed by atoms with E-state index in [1.54, 1.807) is 4.90 Å². The van der Waals surface area contributed by atoms with E-state index in [4.69, 9.17) is 0 Å². The molecule has 0 fully saturated rings. The molecule has 1 aromatic heterocycles. The number of para-hydroxylation sites is 1. The van der Waals surface area contributed by atoms with Gasteiger partial charge in [-0.05, 0) is 35.2 Å². The Labute approximate surface area is 186 Å². The number of hydrogen-bond donors (Lipinski definition) is 1. The molecule has 0 saturated heterocycles. The summed E-state index contributed by atoms with van der Waals surface area (Å²) in [7, 11) is 0. The SMILES string of the molecule is O=C(CN1C(=O)c2ccccc2C1c1c[nH]c2ccccc12)N1CCc2ccccc2C1. The summed E-state index contributed by atoms with van der Waals surface area (Å²) in [6.07, 6.45) is 2.82. The van der Waals surface area contributed by atoms with Gasteiger partial charge in [-0.2, -0.15) is 0 Å². The number of benzene rings is 3. The smallest absolute Gasteiger partial charge is 0.255 e. The summed E-state index contributed by atoms with van der Waals surface area (Å²) < 4.78 is 0. The van der Waals surface area contributed by atoms with Gasteiger partial charge in [0, 0.05) is 41.3 Å². The fourth-order valence-corrected chi connectivity index (χ4v) is 5.14. The predicted octanol–water partition coefficient (Wildman–Crippen LogP) is 4.30. The van der Waals surface area contributed by atoms with Gasteiger partial charge in [-0.3, -0.25) is 9.59 Å². The first-order valence-corrected chi connectivity index (χ1v) is 11.0. The number of aromatic nitrogens is 1. The quantitative estimate of drug-likeness (QED) is 0.536. The standard InChI is InChI=1S/C27H23N3O2/c31-25(29-14-13-18-7-1-2-8-19(18)16-29)17-30-26(21-10-3-4-11-22(21)27(30)32)23-15-28-24-12-6-5-9-20(23)24/h1-12,15,26,28H,13-14,16-17H2. The Bertz CT molecular complexity index is 1360. The zero-order chi connectivity index (χ0) is 21.7. The number of nitrogens with zero attached hydrogens (tertiary/aromatic N) is 2. The third-order valence-electron chi connectivity index (χ3n) is 6.76. The molecular formula is C27H23N3O2. The molecule has 5 heteroatoms. The molecule has 2 amide bonds. The Morgan fingerprint density at radius 3 is 2.56 bits per heavy atom. The van der Waals surface area contributed by atoms with E-state index >= 15 is 0 Å². The second kappa shape index (κ2) is 7.38. The molecule has 3 aromatic carbocycles. The topological polar surface area (TPSA) is 56.4 Å². The number of nitrogens with one attached hydrogen (secondary N) is 1. The minimum Gasteiger partial charge on any atom is -0.361 e. The van der Waals surface area contributed by atoms with Crippen LogP contribution in [0.2, 0.25) is 0 Å². The zero-order valence-corrected chi connectivity index (χ0v) is 17.6. The largest absolute Gasteiger partial charge is 0.361 e. The van der Waals surface area contributed by atoms with Crippen LogP contribution >= 0.6 is 0 Å². The van der Waals surface area contributed by atoms with Gasteiger partial charge in [0.2, 0.25) is 5.91 Å². The molecule has 158 valence electrons. The van der Waals surface area contributed by atoms with E-state index in [1.807, 2.05) is 65.7 Å². The molecule has 0 radical (unpaired) electrons. The highest BCUT2D eigenvalue weighted by molar-refractivity contribution is 6.02. The Morgan fingerprint density at radius 2 is 1.66 bits per heavy atom. The van der Waals surface area contributed by atoms with Crippen LogP contribution in [0.5, 0.6) is 0 Å². The van der Waals surface area contributed by atoms with Crippen LogP contribution in [0.3, 0.4) is 0 Å². The van der Waals surface area contributed by atoms with E-state index in [2.05, 4.69) is 23.2 Å². The van der Waals surface area contributed by atoms with Crippen molar-refractivity contribution < 1.29 is 9.59 Å². The van der Waals surface area contributed by atoms with Gasteiger partial charge in [0.05, 0.1) is 6.04 Å². The molecular weight excluding hydrogens is 398 g/mol. The van der Waals surface area contributed by atoms with Gasteiger partial charge >= 0.3 is 0 Å². The molecule has 2 aliphatic heterocycles. The maximum absolute atomic E-state index is 13.4. The molecule has 0 aliphatic carbocycles. The van der Waals surface area contributed by atoms with Crippen molar-refractivity contribution in [3.8, 4) is 0 Å². The van der Waals surface area contributed by atoms with Crippen LogP contribution in [-0.4, -0.2) is 39.7 Å². The van der Waals surface area contributed by atoms with E-state index in [1.165, 1.54) is 11.1 Å². The Balaban J connectivity index is 1.35. The summed E-state index contributed by atoms with van der Waals surface area (Å²) >= 11 is 0. The van der Waals surface area contributed by atoms with E-state index in [0.29, 0.717) is 18.7 Å². The van der Waals surface area contributed by atoms with Crippen molar-refractivity contribution in [1.82, 2.24) is 14.8 Å². The summed E-state index contributed by atoms with van der Waals surface area (Å²) in [5.74, 6) is -0.0906. The summed E-state index contributed by atoms with van der Waals surface area (Å²) in [5.41, 5.74) is 6.18. The number of amides is 2. The normalized spacial score (nSPS) is 17.5. The van der Waals surface area contributed by atoms with Gasteiger partial charge in [0.25, 0.3) is 5.91 Å². The molecule has 1 unspecified atom stereocenters. The molecule has 1 N–H and O–H groups in total. The number of aromatic amines is 1. The predicted molar refractivity (Wildman–Crippen MR) is 123 cm³/mol. The third-order valence-corrected chi connectivity index (χ3v) is 6.76. The average molecular weight is 422 g/mol. The molecule has 6 rings (SSSR count). The third kappa shape index (κ3) is 2.93. The van der Waals surface area contributed by atoms with Crippen molar-refractivity contribution in [3.05, 3.63) is 107 Å². The van der Waals surface area contributed by atoms with Gasteiger partial charge in [-0.25, -0.2) is 0 Å². The van der Waals surface area contributed by atoms with Crippen LogP contribution in [-0.2, 0) is 17.8 Å². The molecule has 3 heterocycles. The van der Waals surface area contributed by atoms with Crippen LogP contribution in [0.1, 0.15) is 38.7 Å². The van der Waals surface area contributed by atoms with Crippen molar-refractivity contribution >= 4 is 22.7 Å². The Hall–Kier alpha value is -3.86. The van der Waals surface area contributed by atoms with Crippen LogP contribution in [0.25, 0.3) is 10.9 Å². The van der Waals surface area contributed by atoms with Crippen LogP contribution in [0.15, 0.2) is 79.0 Å². The maximum Gasteiger partial charge on any atom is 0.255 e. The first kappa shape index (κ1) is 18.9. The van der Waals surface area contributed by atoms with Gasteiger partial charge in [0.1, 0.15) is 6.54 Å². The molecule has 0 bridgehead atoms. The fourth-order valence-electron chi connectivity index (χ4n) is 5.14. The average Bonchev–Trinajstić information content (AvgIpc) is 3.38. The number of H-pyrrole nitrogens is 1. The van der Waals surface area contributed by atoms with Gasteiger partial charge in [-0.15, -0.1) is 0 Å². The molecule has 0 saturated carbocycles. The number of carbonyl (C=O) groups excluding carboxylic acids is 2. The molecule has 1 atom stereocenters. The lowest BCUT2D eigenvalue weighted by Crippen LogP contribution is -2.44. The van der Waals surface area contributed by atoms with Gasteiger partial charge in [0.15, 0.2) is 0 Å². The van der Waals surface area contributed by atoms with E-state index < -0.39 is 0 Å². The first-order valence-electron chi connectivity index (χ1n) is 11.0. The van der Waals surface area contributed by atoms with Gasteiger partial charge < -0.3 is 14.8 Å². The monoisotopic (exact) mass is 421 g/mol. The van der Waals surface area contributed by atoms with Crippen LogP contribution < -0.4 is 0 Å². The molecule has 32 heavy (non-hydrogen) atoms. The summed E-state index contributed by atoms with van der Waals surface area (Å²) in [6.45, 7) is 1.35. The first-order chi connectivity index (χ1) is 15.7. The molecule has 2 aliphatic rings. The Morgan fingerprint density at radius 1 is 0.906 bits per heavy atom.